The van der Waals surface area contributed by atoms with E-state index in [4.69, 9.17) is 9.73 Å². The minimum absolute atomic E-state index is 0. The Kier molecular flexibility index (Phi) is 12.7. The fraction of sp³-hybridized carbons (Fsp3) is 0.417. The van der Waals surface area contributed by atoms with Crippen LogP contribution in [0.4, 0.5) is 0 Å². The number of nitrogens with one attached hydrogen (secondary N) is 3. The van der Waals surface area contributed by atoms with Crippen LogP contribution in [0.5, 0.6) is 5.75 Å². The molecule has 2 rings (SSSR count). The van der Waals surface area contributed by atoms with Crippen molar-refractivity contribution in [2.24, 2.45) is 4.99 Å². The Hall–Kier alpha value is -2.33. The largest absolute Gasteiger partial charge is 0.497 e. The predicted molar refractivity (Wildman–Crippen MR) is 142 cm³/mol. The zero-order valence-corrected chi connectivity index (χ0v) is 22.0. The number of amides is 1. The van der Waals surface area contributed by atoms with E-state index >= 15 is 0 Å². The number of likely N-dealkylation sites (N-methyl/N-ethyl adjacent to an activating group) is 1. The molecule has 0 fully saturated rings. The van der Waals surface area contributed by atoms with Gasteiger partial charge in [-0.3, -0.25) is 9.79 Å². The highest BCUT2D eigenvalue weighted by Crippen LogP contribution is 2.22. The number of nitrogens with zero attached hydrogens (tertiary/aromatic N) is 2. The van der Waals surface area contributed by atoms with E-state index in [0.29, 0.717) is 12.1 Å². The van der Waals surface area contributed by atoms with Crippen LogP contribution in [0.15, 0.2) is 53.5 Å². The Morgan fingerprint density at radius 2 is 1.88 bits per heavy atom. The van der Waals surface area contributed by atoms with Crippen molar-refractivity contribution in [1.82, 2.24) is 20.9 Å². The number of benzene rings is 2. The fourth-order valence-corrected chi connectivity index (χ4v) is 3.27. The highest BCUT2D eigenvalue weighted by atomic mass is 127. The van der Waals surface area contributed by atoms with Crippen LogP contribution >= 0.6 is 24.0 Å². The smallest absolute Gasteiger partial charge is 0.251 e. The Morgan fingerprint density at radius 1 is 1.12 bits per heavy atom. The number of methoxy groups -OCH3 is 1. The molecule has 0 saturated heterocycles. The van der Waals surface area contributed by atoms with Gasteiger partial charge >= 0.3 is 0 Å². The van der Waals surface area contributed by atoms with E-state index in [2.05, 4.69) is 54.0 Å². The van der Waals surface area contributed by atoms with Crippen molar-refractivity contribution in [2.75, 3.05) is 47.9 Å². The molecule has 3 N–H and O–H groups in total. The maximum atomic E-state index is 11.8. The number of carbonyl (C=O) groups excluding carboxylic acids is 1. The first-order valence-electron chi connectivity index (χ1n) is 10.6. The van der Waals surface area contributed by atoms with Crippen molar-refractivity contribution in [1.29, 1.82) is 0 Å². The van der Waals surface area contributed by atoms with Gasteiger partial charge in [0.2, 0.25) is 0 Å². The van der Waals surface area contributed by atoms with Crippen molar-refractivity contribution in [3.8, 4) is 5.75 Å². The van der Waals surface area contributed by atoms with E-state index in [0.717, 1.165) is 42.3 Å². The van der Waals surface area contributed by atoms with Crippen LogP contribution < -0.4 is 20.7 Å². The number of carbonyl (C=O) groups is 1. The summed E-state index contributed by atoms with van der Waals surface area (Å²) >= 11 is 0. The van der Waals surface area contributed by atoms with Gasteiger partial charge in [-0.25, -0.2) is 0 Å². The van der Waals surface area contributed by atoms with Crippen LogP contribution in [0.2, 0.25) is 0 Å². The molecule has 1 unspecified atom stereocenters. The number of halogens is 1. The lowest BCUT2D eigenvalue weighted by atomic mass is 10.1. The van der Waals surface area contributed by atoms with Crippen LogP contribution in [0.25, 0.3) is 0 Å². The third-order valence-electron chi connectivity index (χ3n) is 4.99. The van der Waals surface area contributed by atoms with Crippen molar-refractivity contribution >= 4 is 35.8 Å². The number of ether oxygens (including phenoxy) is 1. The van der Waals surface area contributed by atoms with Gasteiger partial charge in [0.05, 0.1) is 19.7 Å². The summed E-state index contributed by atoms with van der Waals surface area (Å²) in [7, 11) is 7.43. The highest BCUT2D eigenvalue weighted by Gasteiger charge is 2.15. The van der Waals surface area contributed by atoms with Gasteiger partial charge in [0, 0.05) is 25.7 Å². The number of hydrogen-bond acceptors (Lipinski definition) is 4. The Bertz CT molecular complexity index is 873. The molecule has 8 heteroatoms. The molecule has 0 aliphatic heterocycles. The summed E-state index contributed by atoms with van der Waals surface area (Å²) < 4.78 is 5.37. The van der Waals surface area contributed by atoms with Gasteiger partial charge in [0.15, 0.2) is 5.96 Å². The van der Waals surface area contributed by atoms with E-state index < -0.39 is 0 Å². The summed E-state index contributed by atoms with van der Waals surface area (Å²) in [6.45, 7) is 4.16. The minimum atomic E-state index is -0.0722. The maximum absolute atomic E-state index is 11.8. The molecule has 2 aromatic rings. The SMILES string of the molecule is CCNC(=NCC(c1cccc(OC)c1)N(C)C)NCCc1cccc(C(=O)NC)c1.I. The molecule has 1 atom stereocenters. The number of hydrogen-bond donors (Lipinski definition) is 3. The molecule has 0 heterocycles. The second-order valence-corrected chi connectivity index (χ2v) is 7.43. The van der Waals surface area contributed by atoms with Crippen molar-refractivity contribution in [2.45, 2.75) is 19.4 Å². The molecule has 2 aromatic carbocycles. The summed E-state index contributed by atoms with van der Waals surface area (Å²) in [5.74, 6) is 1.55. The van der Waals surface area contributed by atoms with Gasteiger partial charge in [0.1, 0.15) is 5.75 Å². The van der Waals surface area contributed by atoms with Gasteiger partial charge in [-0.15, -0.1) is 24.0 Å². The minimum Gasteiger partial charge on any atom is -0.497 e. The summed E-state index contributed by atoms with van der Waals surface area (Å²) in [6.07, 6.45) is 0.794. The number of rotatable bonds is 10. The lowest BCUT2D eigenvalue weighted by Gasteiger charge is -2.24. The first kappa shape index (κ1) is 27.7. The fourth-order valence-electron chi connectivity index (χ4n) is 3.27. The van der Waals surface area contributed by atoms with Crippen molar-refractivity contribution in [3.63, 3.8) is 0 Å². The molecule has 0 spiro atoms. The summed E-state index contributed by atoms with van der Waals surface area (Å²) in [5, 5.41) is 9.36. The molecule has 0 saturated carbocycles. The molecular formula is C24H36IN5O2. The van der Waals surface area contributed by atoms with E-state index in [-0.39, 0.29) is 35.9 Å². The Labute approximate surface area is 209 Å². The molecule has 7 nitrogen and oxygen atoms in total. The number of guanidine groups is 1. The zero-order valence-electron chi connectivity index (χ0n) is 19.6. The number of aliphatic imine (C=N–C) groups is 1. The van der Waals surface area contributed by atoms with Crippen molar-refractivity contribution < 1.29 is 9.53 Å². The molecule has 32 heavy (non-hydrogen) atoms. The van der Waals surface area contributed by atoms with Gasteiger partial charge in [-0.05, 0) is 62.8 Å². The van der Waals surface area contributed by atoms with E-state index in [9.17, 15) is 4.79 Å². The van der Waals surface area contributed by atoms with Gasteiger partial charge in [-0.1, -0.05) is 24.3 Å². The lowest BCUT2D eigenvalue weighted by molar-refractivity contribution is 0.0963. The Balaban J connectivity index is 0.00000512. The van der Waals surface area contributed by atoms with Crippen LogP contribution in [-0.2, 0) is 6.42 Å². The Morgan fingerprint density at radius 3 is 2.53 bits per heavy atom. The third kappa shape index (κ3) is 8.66. The lowest BCUT2D eigenvalue weighted by Crippen LogP contribution is -2.39. The van der Waals surface area contributed by atoms with Crippen LogP contribution in [0, 0.1) is 0 Å². The third-order valence-corrected chi connectivity index (χ3v) is 4.99. The first-order valence-corrected chi connectivity index (χ1v) is 10.6. The molecule has 176 valence electrons. The molecule has 0 aliphatic carbocycles. The standard InChI is InChI=1S/C24H35N5O2.HI/c1-6-26-24(27-14-13-18-9-7-11-20(15-18)23(30)25-2)28-17-22(29(3)4)19-10-8-12-21(16-19)31-5;/h7-12,15-16,22H,6,13-14,17H2,1-5H3,(H,25,30)(H2,26,27,28);1H. The van der Waals surface area contributed by atoms with Crippen molar-refractivity contribution in [3.05, 3.63) is 65.2 Å². The van der Waals surface area contributed by atoms with Crippen LogP contribution in [0.1, 0.15) is 34.5 Å². The molecular weight excluding hydrogens is 517 g/mol. The van der Waals surface area contributed by atoms with Gasteiger partial charge in [-0.2, -0.15) is 0 Å². The second kappa shape index (κ2) is 14.7. The monoisotopic (exact) mass is 553 g/mol. The molecule has 0 radical (unpaired) electrons. The maximum Gasteiger partial charge on any atom is 0.251 e. The topological polar surface area (TPSA) is 78.0 Å². The van der Waals surface area contributed by atoms with E-state index in [1.54, 1.807) is 14.2 Å². The van der Waals surface area contributed by atoms with E-state index in [1.165, 1.54) is 0 Å². The average molecular weight is 553 g/mol. The molecule has 1 amide bonds. The summed E-state index contributed by atoms with van der Waals surface area (Å²) in [5.41, 5.74) is 2.94. The average Bonchev–Trinajstić information content (AvgIpc) is 2.78. The van der Waals surface area contributed by atoms with Crippen LogP contribution in [-0.4, -0.2) is 64.7 Å². The molecule has 0 bridgehead atoms. The van der Waals surface area contributed by atoms with Crippen LogP contribution in [0.3, 0.4) is 0 Å². The zero-order chi connectivity index (χ0) is 22.6. The highest BCUT2D eigenvalue weighted by molar-refractivity contribution is 14.0. The second-order valence-electron chi connectivity index (χ2n) is 7.43. The van der Waals surface area contributed by atoms with E-state index in [1.807, 2.05) is 36.4 Å². The molecule has 0 aliphatic rings. The van der Waals surface area contributed by atoms with Gasteiger partial charge in [0.25, 0.3) is 5.91 Å². The summed E-state index contributed by atoms with van der Waals surface area (Å²) in [4.78, 5) is 18.8. The quantitative estimate of drug-likeness (QED) is 0.240. The first-order chi connectivity index (χ1) is 15.0. The predicted octanol–water partition coefficient (Wildman–Crippen LogP) is 3.07. The molecule has 0 aromatic heterocycles. The summed E-state index contributed by atoms with van der Waals surface area (Å²) in [6, 6.07) is 15.9. The van der Waals surface area contributed by atoms with Gasteiger partial charge < -0.3 is 25.6 Å². The normalized spacial score (nSPS) is 12.0.